The van der Waals surface area contributed by atoms with Gasteiger partial charge < -0.3 is 4.70 Å². The Morgan fingerprint density at radius 3 is 2.44 bits per heavy atom. The first-order chi connectivity index (χ1) is 7.38. The van der Waals surface area contributed by atoms with Gasteiger partial charge in [-0.15, -0.1) is 0 Å². The van der Waals surface area contributed by atoms with E-state index in [1.54, 1.807) is 10.6 Å². The first kappa shape index (κ1) is 15.4. The lowest BCUT2D eigenvalue weighted by molar-refractivity contribution is -0.804. The molecule has 0 saturated carbocycles. The van der Waals surface area contributed by atoms with Crippen molar-refractivity contribution < 1.29 is 9.60 Å². The normalized spacial score (nSPS) is 18.4. The number of nitrogens with one attached hydrogen (secondary N) is 1. The predicted octanol–water partition coefficient (Wildman–Crippen LogP) is 0.0570. The minimum Gasteiger partial charge on any atom is -1.00 e. The summed E-state index contributed by atoms with van der Waals surface area (Å²) in [5.74, 6) is 0. The van der Waals surface area contributed by atoms with Crippen molar-refractivity contribution in [2.45, 2.75) is 58.8 Å². The molecule has 0 aliphatic carbocycles. The van der Waals surface area contributed by atoms with Gasteiger partial charge in [-0.1, -0.05) is 33.1 Å². The Balaban J connectivity index is 0.00000225. The van der Waals surface area contributed by atoms with E-state index >= 15 is 0 Å². The standard InChI is InChI=1S/C14H25N.FH/c1-3-5-7-8-12-15-13-9-11-14(15)10-6-4-2;/h9,11,13H,3-8,10,12H2,1-2H3;1H. The highest BCUT2D eigenvalue weighted by atomic mass is 19.0. The minimum atomic E-state index is 0. The molecule has 0 fully saturated rings. The van der Waals surface area contributed by atoms with Crippen molar-refractivity contribution in [3.8, 4) is 0 Å². The third-order valence-corrected chi connectivity index (χ3v) is 3.11. The topological polar surface area (TPSA) is 4.44 Å². The quantitative estimate of drug-likeness (QED) is 0.559. The van der Waals surface area contributed by atoms with Crippen molar-refractivity contribution in [3.05, 3.63) is 24.0 Å². The summed E-state index contributed by atoms with van der Waals surface area (Å²) < 4.78 is 0. The van der Waals surface area contributed by atoms with E-state index in [1.807, 2.05) is 0 Å². The number of rotatable bonds is 8. The van der Waals surface area contributed by atoms with Gasteiger partial charge in [0.15, 0.2) is 0 Å². The Morgan fingerprint density at radius 1 is 1.00 bits per heavy atom. The van der Waals surface area contributed by atoms with Crippen LogP contribution in [0.4, 0.5) is 0 Å². The molecule has 1 aliphatic rings. The molecule has 1 unspecified atom stereocenters. The second-order valence-corrected chi connectivity index (χ2v) is 4.49. The first-order valence-corrected chi connectivity index (χ1v) is 6.62. The predicted molar refractivity (Wildman–Crippen MR) is 66.7 cm³/mol. The summed E-state index contributed by atoms with van der Waals surface area (Å²) in [5, 5.41) is 0. The van der Waals surface area contributed by atoms with Crippen LogP contribution in [0.5, 0.6) is 0 Å². The molecular weight excluding hydrogens is 201 g/mol. The summed E-state index contributed by atoms with van der Waals surface area (Å²) in [4.78, 5) is 1.61. The van der Waals surface area contributed by atoms with Gasteiger partial charge in [-0.2, -0.15) is 0 Å². The Morgan fingerprint density at radius 2 is 1.75 bits per heavy atom. The van der Waals surface area contributed by atoms with Gasteiger partial charge in [0.05, 0.1) is 12.7 Å². The highest BCUT2D eigenvalue weighted by Gasteiger charge is 2.14. The maximum atomic E-state index is 2.32. The number of hydrogen-bond acceptors (Lipinski definition) is 0. The molecule has 16 heavy (non-hydrogen) atoms. The maximum Gasteiger partial charge on any atom is 0.112 e. The molecule has 0 amide bonds. The van der Waals surface area contributed by atoms with Crippen molar-refractivity contribution >= 4 is 0 Å². The second-order valence-electron chi connectivity index (χ2n) is 4.49. The fraction of sp³-hybridized carbons (Fsp3) is 0.714. The molecule has 1 aliphatic heterocycles. The van der Waals surface area contributed by atoms with E-state index in [4.69, 9.17) is 0 Å². The molecule has 0 aromatic heterocycles. The van der Waals surface area contributed by atoms with Gasteiger partial charge >= 0.3 is 0 Å². The minimum absolute atomic E-state index is 0. The zero-order chi connectivity index (χ0) is 10.9. The van der Waals surface area contributed by atoms with Crippen LogP contribution in [-0.2, 0) is 0 Å². The number of quaternary nitrogens is 1. The highest BCUT2D eigenvalue weighted by Crippen LogP contribution is 2.05. The molecule has 2 heteroatoms. The van der Waals surface area contributed by atoms with E-state index in [-0.39, 0.29) is 4.70 Å². The third-order valence-electron chi connectivity index (χ3n) is 3.11. The number of allylic oxidation sites excluding steroid dienone is 3. The molecule has 0 bridgehead atoms. The fourth-order valence-corrected chi connectivity index (χ4v) is 2.09. The Bertz CT molecular complexity index is 221. The van der Waals surface area contributed by atoms with Gasteiger partial charge in [-0.3, -0.25) is 4.90 Å². The summed E-state index contributed by atoms with van der Waals surface area (Å²) >= 11 is 0. The number of unbranched alkanes of at least 4 members (excludes halogenated alkanes) is 4. The van der Waals surface area contributed by atoms with Crippen LogP contribution in [0.3, 0.4) is 0 Å². The van der Waals surface area contributed by atoms with Gasteiger partial charge in [0.25, 0.3) is 0 Å². The molecule has 1 atom stereocenters. The fourth-order valence-electron chi connectivity index (χ4n) is 2.09. The monoisotopic (exact) mass is 227 g/mol. The summed E-state index contributed by atoms with van der Waals surface area (Å²) in [6, 6.07) is 0. The smallest absolute Gasteiger partial charge is 0.112 e. The molecule has 94 valence electrons. The van der Waals surface area contributed by atoms with E-state index in [0.29, 0.717) is 0 Å². The number of halogens is 1. The van der Waals surface area contributed by atoms with E-state index in [2.05, 4.69) is 32.2 Å². The summed E-state index contributed by atoms with van der Waals surface area (Å²) in [6.07, 6.45) is 16.3. The Labute approximate surface area is 99.6 Å². The average Bonchev–Trinajstić information content (AvgIpc) is 2.69. The molecule has 0 spiro atoms. The first-order valence-electron chi connectivity index (χ1n) is 6.62. The molecule has 1 heterocycles. The van der Waals surface area contributed by atoms with Gasteiger partial charge in [0.2, 0.25) is 0 Å². The molecule has 1 rings (SSSR count). The van der Waals surface area contributed by atoms with Crippen molar-refractivity contribution in [1.82, 2.24) is 0 Å². The molecule has 0 aromatic rings. The van der Waals surface area contributed by atoms with Gasteiger partial charge in [0, 0.05) is 12.5 Å². The van der Waals surface area contributed by atoms with E-state index in [0.717, 1.165) is 0 Å². The summed E-state index contributed by atoms with van der Waals surface area (Å²) in [5.41, 5.74) is 1.60. The molecule has 0 radical (unpaired) electrons. The van der Waals surface area contributed by atoms with Gasteiger partial charge in [-0.05, 0) is 25.3 Å². The van der Waals surface area contributed by atoms with Crippen molar-refractivity contribution in [2.24, 2.45) is 0 Å². The van der Waals surface area contributed by atoms with Crippen LogP contribution in [0.2, 0.25) is 0 Å². The van der Waals surface area contributed by atoms with E-state index < -0.39 is 0 Å². The molecule has 0 saturated heterocycles. The third kappa shape index (κ3) is 5.45. The molecule has 0 aromatic carbocycles. The lowest BCUT2D eigenvalue weighted by atomic mass is 10.1. The van der Waals surface area contributed by atoms with Crippen LogP contribution in [-0.4, -0.2) is 6.54 Å². The maximum absolute atomic E-state index is 2.32. The van der Waals surface area contributed by atoms with Gasteiger partial charge in [-0.25, -0.2) is 0 Å². The van der Waals surface area contributed by atoms with Crippen molar-refractivity contribution in [2.75, 3.05) is 6.54 Å². The highest BCUT2D eigenvalue weighted by molar-refractivity contribution is 5.10. The SMILES string of the molecule is CCCCCC[NH+]1C=CC=C1CCCC.[F-]. The van der Waals surface area contributed by atoms with Crippen LogP contribution < -0.4 is 9.60 Å². The lowest BCUT2D eigenvalue weighted by Gasteiger charge is -2.14. The largest absolute Gasteiger partial charge is 1.00 e. The summed E-state index contributed by atoms with van der Waals surface area (Å²) in [6.45, 7) is 5.84. The van der Waals surface area contributed by atoms with Crippen molar-refractivity contribution in [1.29, 1.82) is 0 Å². The van der Waals surface area contributed by atoms with E-state index in [9.17, 15) is 0 Å². The zero-order valence-corrected chi connectivity index (χ0v) is 10.8. The second kappa shape index (κ2) is 9.59. The Kier molecular flexibility index (Phi) is 9.21. The summed E-state index contributed by atoms with van der Waals surface area (Å²) in [7, 11) is 0. The van der Waals surface area contributed by atoms with Crippen LogP contribution in [0, 0.1) is 0 Å². The average molecular weight is 227 g/mol. The van der Waals surface area contributed by atoms with Crippen molar-refractivity contribution in [3.63, 3.8) is 0 Å². The van der Waals surface area contributed by atoms with Crippen LogP contribution in [0.1, 0.15) is 58.8 Å². The number of hydrogen-bond donors (Lipinski definition) is 1. The van der Waals surface area contributed by atoms with Crippen LogP contribution >= 0.6 is 0 Å². The Hall–Kier alpha value is -0.630. The lowest BCUT2D eigenvalue weighted by Crippen LogP contribution is -3.04. The zero-order valence-electron chi connectivity index (χ0n) is 10.8. The van der Waals surface area contributed by atoms with E-state index in [1.165, 1.54) is 51.5 Å². The molecule has 1 nitrogen and oxygen atoms in total. The van der Waals surface area contributed by atoms with Crippen LogP contribution in [0.15, 0.2) is 24.0 Å². The molecule has 1 N–H and O–H groups in total. The molecular formula is C14H26FN. The van der Waals surface area contributed by atoms with Crippen LogP contribution in [0.25, 0.3) is 0 Å². The van der Waals surface area contributed by atoms with Gasteiger partial charge in [0.1, 0.15) is 5.70 Å².